The van der Waals surface area contributed by atoms with Crippen molar-refractivity contribution in [2.24, 2.45) is 17.6 Å². The molecule has 1 amide bonds. The summed E-state index contributed by atoms with van der Waals surface area (Å²) < 4.78 is 0. The lowest BCUT2D eigenvalue weighted by molar-refractivity contribution is -0.126. The first kappa shape index (κ1) is 15.4. The maximum Gasteiger partial charge on any atom is 0.223 e. The Labute approximate surface area is 116 Å². The molecule has 104 valence electrons. The van der Waals surface area contributed by atoms with Crippen LogP contribution in [0.1, 0.15) is 59.3 Å². The van der Waals surface area contributed by atoms with Gasteiger partial charge < -0.3 is 11.1 Å². The van der Waals surface area contributed by atoms with Crippen molar-refractivity contribution in [3.8, 4) is 0 Å². The highest BCUT2D eigenvalue weighted by Crippen LogP contribution is 2.32. The van der Waals surface area contributed by atoms with Crippen molar-refractivity contribution in [1.82, 2.24) is 5.32 Å². The number of carbonyl (C=O) groups excluding carboxylic acids is 1. The predicted octanol–water partition coefficient (Wildman–Crippen LogP) is 2.77. The monoisotopic (exact) mass is 270 g/mol. The van der Waals surface area contributed by atoms with E-state index in [-0.39, 0.29) is 11.8 Å². The molecule has 0 radical (unpaired) electrons. The second-order valence-electron chi connectivity index (χ2n) is 5.63. The normalized spacial score (nSPS) is 28.1. The fourth-order valence-electron chi connectivity index (χ4n) is 2.69. The van der Waals surface area contributed by atoms with Gasteiger partial charge in [0.15, 0.2) is 0 Å². The first-order valence-corrected chi connectivity index (χ1v) is 7.48. The molecule has 0 bridgehead atoms. The fraction of sp³-hybridized carbons (Fsp3) is 0.857. The van der Waals surface area contributed by atoms with Crippen LogP contribution in [0.2, 0.25) is 0 Å². The Hall–Kier alpha value is -0.640. The van der Waals surface area contributed by atoms with Crippen LogP contribution in [0.25, 0.3) is 0 Å². The third kappa shape index (κ3) is 3.44. The Morgan fingerprint density at radius 3 is 2.28 bits per heavy atom. The molecule has 3 nitrogen and oxygen atoms in total. The van der Waals surface area contributed by atoms with Gasteiger partial charge in [-0.1, -0.05) is 33.0 Å². The lowest BCUT2D eigenvalue weighted by Gasteiger charge is -2.40. The van der Waals surface area contributed by atoms with Crippen LogP contribution in [-0.4, -0.2) is 16.4 Å². The summed E-state index contributed by atoms with van der Waals surface area (Å²) in [6, 6.07) is 0. The third-order valence-corrected chi connectivity index (χ3v) is 4.71. The summed E-state index contributed by atoms with van der Waals surface area (Å²) in [6.45, 7) is 6.33. The van der Waals surface area contributed by atoms with E-state index in [9.17, 15) is 4.79 Å². The highest BCUT2D eigenvalue weighted by molar-refractivity contribution is 7.80. The van der Waals surface area contributed by atoms with E-state index >= 15 is 0 Å². The summed E-state index contributed by atoms with van der Waals surface area (Å²) >= 11 is 5.21. The molecule has 1 aliphatic carbocycles. The van der Waals surface area contributed by atoms with E-state index in [0.29, 0.717) is 10.9 Å². The van der Waals surface area contributed by atoms with Gasteiger partial charge in [-0.2, -0.15) is 0 Å². The molecule has 1 fully saturated rings. The first-order chi connectivity index (χ1) is 8.45. The molecule has 0 aromatic heterocycles. The quantitative estimate of drug-likeness (QED) is 0.755. The molecule has 0 unspecified atom stereocenters. The van der Waals surface area contributed by atoms with Gasteiger partial charge in [0.1, 0.15) is 0 Å². The highest BCUT2D eigenvalue weighted by atomic mass is 32.1. The minimum absolute atomic E-state index is 0.0792. The molecule has 3 N–H and O–H groups in total. The van der Waals surface area contributed by atoms with Gasteiger partial charge in [0, 0.05) is 5.92 Å². The van der Waals surface area contributed by atoms with Crippen molar-refractivity contribution in [2.45, 2.75) is 64.8 Å². The average molecular weight is 270 g/mol. The van der Waals surface area contributed by atoms with Crippen LogP contribution < -0.4 is 11.1 Å². The van der Waals surface area contributed by atoms with Crippen LogP contribution in [0.5, 0.6) is 0 Å². The highest BCUT2D eigenvalue weighted by Gasteiger charge is 2.39. The van der Waals surface area contributed by atoms with E-state index in [1.165, 1.54) is 0 Å². The third-order valence-electron chi connectivity index (χ3n) is 4.32. The summed E-state index contributed by atoms with van der Waals surface area (Å²) in [5, 5.41) is 3.15. The summed E-state index contributed by atoms with van der Waals surface area (Å²) in [5.41, 5.74) is 5.47. The zero-order valence-corrected chi connectivity index (χ0v) is 12.6. The molecule has 0 aromatic rings. The van der Waals surface area contributed by atoms with Crippen molar-refractivity contribution in [1.29, 1.82) is 0 Å². The molecule has 0 saturated heterocycles. The van der Waals surface area contributed by atoms with E-state index < -0.39 is 5.54 Å². The van der Waals surface area contributed by atoms with Crippen LogP contribution in [0.3, 0.4) is 0 Å². The molecule has 0 aromatic carbocycles. The zero-order chi connectivity index (χ0) is 13.8. The lowest BCUT2D eigenvalue weighted by atomic mass is 9.76. The fourth-order valence-corrected chi connectivity index (χ4v) is 2.94. The van der Waals surface area contributed by atoms with Crippen LogP contribution >= 0.6 is 12.2 Å². The smallest absolute Gasteiger partial charge is 0.223 e. The van der Waals surface area contributed by atoms with Crippen LogP contribution in [-0.2, 0) is 4.79 Å². The molecule has 1 saturated carbocycles. The molecule has 0 spiro atoms. The maximum absolute atomic E-state index is 12.2. The van der Waals surface area contributed by atoms with Gasteiger partial charge >= 0.3 is 0 Å². The molecule has 18 heavy (non-hydrogen) atoms. The minimum atomic E-state index is -0.429. The largest absolute Gasteiger partial charge is 0.391 e. The molecule has 1 aliphatic rings. The molecule has 0 aliphatic heterocycles. The molecule has 0 heterocycles. The van der Waals surface area contributed by atoms with Crippen molar-refractivity contribution in [3.63, 3.8) is 0 Å². The van der Waals surface area contributed by atoms with Gasteiger partial charge in [-0.15, -0.1) is 0 Å². The van der Waals surface area contributed by atoms with Gasteiger partial charge in [0.05, 0.1) is 10.5 Å². The Bertz CT molecular complexity index is 305. The number of hydrogen-bond acceptors (Lipinski definition) is 2. The number of carbonyl (C=O) groups is 1. The Morgan fingerprint density at radius 2 is 1.89 bits per heavy atom. The minimum Gasteiger partial charge on any atom is -0.391 e. The van der Waals surface area contributed by atoms with Crippen molar-refractivity contribution in [2.75, 3.05) is 0 Å². The number of thiocarbonyl (C=S) groups is 1. The average Bonchev–Trinajstić information content (AvgIpc) is 2.33. The standard InChI is InChI=1S/C14H26N2OS/c1-4-11(5-2)12(17)16-14(13(15)18)8-6-10(3)7-9-14/h10-11H,4-9H2,1-3H3,(H2,15,18)(H,16,17). The van der Waals surface area contributed by atoms with Crippen molar-refractivity contribution in [3.05, 3.63) is 0 Å². The molecule has 4 heteroatoms. The van der Waals surface area contributed by atoms with E-state index in [2.05, 4.69) is 12.2 Å². The number of nitrogens with two attached hydrogens (primary N) is 1. The topological polar surface area (TPSA) is 55.1 Å². The van der Waals surface area contributed by atoms with Gasteiger partial charge in [-0.3, -0.25) is 4.79 Å². The van der Waals surface area contributed by atoms with Crippen molar-refractivity contribution < 1.29 is 4.79 Å². The molecule has 0 atom stereocenters. The van der Waals surface area contributed by atoms with Crippen LogP contribution in [0, 0.1) is 11.8 Å². The summed E-state index contributed by atoms with van der Waals surface area (Å²) in [4.78, 5) is 12.7. The molecule has 1 rings (SSSR count). The van der Waals surface area contributed by atoms with Crippen LogP contribution in [0.15, 0.2) is 0 Å². The zero-order valence-electron chi connectivity index (χ0n) is 11.8. The number of amides is 1. The van der Waals surface area contributed by atoms with E-state index in [1.54, 1.807) is 0 Å². The maximum atomic E-state index is 12.2. The number of hydrogen-bond donors (Lipinski definition) is 2. The van der Waals surface area contributed by atoms with Crippen LogP contribution in [0.4, 0.5) is 0 Å². The number of nitrogens with one attached hydrogen (secondary N) is 1. The summed E-state index contributed by atoms with van der Waals surface area (Å²) in [7, 11) is 0. The van der Waals surface area contributed by atoms with E-state index in [1.807, 2.05) is 13.8 Å². The second-order valence-corrected chi connectivity index (χ2v) is 6.07. The Morgan fingerprint density at radius 1 is 1.39 bits per heavy atom. The first-order valence-electron chi connectivity index (χ1n) is 7.07. The molecular weight excluding hydrogens is 244 g/mol. The van der Waals surface area contributed by atoms with Gasteiger partial charge in [0.2, 0.25) is 5.91 Å². The van der Waals surface area contributed by atoms with Crippen molar-refractivity contribution >= 4 is 23.1 Å². The SMILES string of the molecule is CCC(CC)C(=O)NC1(C(N)=S)CCC(C)CC1. The van der Waals surface area contributed by atoms with Gasteiger partial charge in [-0.25, -0.2) is 0 Å². The Kier molecular flexibility index (Phi) is 5.57. The lowest BCUT2D eigenvalue weighted by Crippen LogP contribution is -2.59. The number of rotatable bonds is 5. The second kappa shape index (κ2) is 6.50. The Balaban J connectivity index is 2.75. The summed E-state index contributed by atoms with van der Waals surface area (Å²) in [5.74, 6) is 0.899. The molecular formula is C14H26N2OS. The van der Waals surface area contributed by atoms with Gasteiger partial charge in [0.25, 0.3) is 0 Å². The van der Waals surface area contributed by atoms with E-state index in [0.717, 1.165) is 38.5 Å². The van der Waals surface area contributed by atoms with E-state index in [4.69, 9.17) is 18.0 Å². The predicted molar refractivity (Wildman–Crippen MR) is 79.4 cm³/mol. The van der Waals surface area contributed by atoms with Gasteiger partial charge in [-0.05, 0) is 44.4 Å². The summed E-state index contributed by atoms with van der Waals surface area (Å²) in [6.07, 6.45) is 5.67.